The number of nitrogens with zero attached hydrogens (tertiary/aromatic N) is 4. The Balaban J connectivity index is 0.00000116. The molecule has 3 rings (SSSR count). The van der Waals surface area contributed by atoms with Crippen molar-refractivity contribution in [2.75, 3.05) is 96.2 Å². The number of phenols is 1. The van der Waals surface area contributed by atoms with E-state index in [2.05, 4.69) is 20.4 Å². The lowest BCUT2D eigenvalue weighted by Crippen LogP contribution is -2.49. The Morgan fingerprint density at radius 1 is 0.863 bits per heavy atom. The summed E-state index contributed by atoms with van der Waals surface area (Å²) in [6.45, 7) is 11.3. The minimum Gasteiger partial charge on any atom is -0.507 e. The number of amides is 2. The van der Waals surface area contributed by atoms with Crippen LogP contribution in [0.3, 0.4) is 0 Å². The lowest BCUT2D eigenvalue weighted by atomic mass is 10.1. The molecule has 0 unspecified atom stereocenters. The summed E-state index contributed by atoms with van der Waals surface area (Å²) in [7, 11) is 0. The lowest BCUT2D eigenvalue weighted by Gasteiger charge is -2.36. The molecule has 0 radical (unpaired) electrons. The molecule has 1 aromatic carbocycles. The van der Waals surface area contributed by atoms with Gasteiger partial charge < -0.3 is 54.7 Å². The van der Waals surface area contributed by atoms with E-state index in [1.54, 1.807) is 18.2 Å². The van der Waals surface area contributed by atoms with Crippen LogP contribution in [-0.4, -0.2) is 141 Å². The van der Waals surface area contributed by atoms with Crippen molar-refractivity contribution in [2.45, 2.75) is 39.0 Å². The molecule has 2 heterocycles. The molecule has 286 valence electrons. The number of carboxylic acids is 1. The van der Waals surface area contributed by atoms with E-state index in [0.29, 0.717) is 109 Å². The SMILES string of the molecule is CC(C)(C)OC(=O)NCCOCCOCCOCCOCCC(=O)N1CCN(c2cc(-c3ccccc3O)nnc2N)CC1.O=C(O)C(F)(F)F. The fraction of sp³-hybridized carbons (Fsp3) is 0.594. The number of rotatable bonds is 17. The molecule has 16 nitrogen and oxygen atoms in total. The number of nitrogens with one attached hydrogen (secondary N) is 1. The van der Waals surface area contributed by atoms with E-state index < -0.39 is 23.8 Å². The van der Waals surface area contributed by atoms with Crippen molar-refractivity contribution in [3.8, 4) is 17.0 Å². The molecular formula is C32H47F3N6O10. The van der Waals surface area contributed by atoms with Gasteiger partial charge in [-0.05, 0) is 39.0 Å². The highest BCUT2D eigenvalue weighted by Gasteiger charge is 2.38. The van der Waals surface area contributed by atoms with Gasteiger partial charge in [0.1, 0.15) is 11.4 Å². The van der Waals surface area contributed by atoms with Crippen molar-refractivity contribution in [2.24, 2.45) is 0 Å². The van der Waals surface area contributed by atoms with Crippen LogP contribution in [0.2, 0.25) is 0 Å². The fourth-order valence-corrected chi connectivity index (χ4v) is 4.28. The second-order valence-electron chi connectivity index (χ2n) is 11.8. The number of aliphatic carboxylic acids is 1. The van der Waals surface area contributed by atoms with Gasteiger partial charge in [-0.3, -0.25) is 4.79 Å². The molecule has 0 spiro atoms. The van der Waals surface area contributed by atoms with E-state index >= 15 is 0 Å². The average Bonchev–Trinajstić information content (AvgIpc) is 3.06. The number of aromatic hydroxyl groups is 1. The third-order valence-electron chi connectivity index (χ3n) is 6.69. The van der Waals surface area contributed by atoms with Gasteiger partial charge in [-0.2, -0.15) is 13.2 Å². The number of phenolic OH excluding ortho intramolecular Hbond substituents is 1. The van der Waals surface area contributed by atoms with E-state index in [0.717, 1.165) is 5.69 Å². The van der Waals surface area contributed by atoms with Gasteiger partial charge in [0.15, 0.2) is 5.82 Å². The Morgan fingerprint density at radius 3 is 1.92 bits per heavy atom. The first-order valence-electron chi connectivity index (χ1n) is 16.1. The standard InChI is InChI=1S/C30H46N6O8.C2HF3O2/c1-30(2,3)44-29(39)32-9-15-41-17-19-43-21-20-42-18-16-40-14-8-27(38)36-12-10-35(11-13-36)25-22-24(33-34-28(25)31)23-6-4-5-7-26(23)37;3-2(4,5)1(6)7/h4-7,22,37H,8-21H2,1-3H3,(H2,31,34)(H,32,39);(H,6,7). The molecule has 1 saturated heterocycles. The monoisotopic (exact) mass is 732 g/mol. The van der Waals surface area contributed by atoms with E-state index in [-0.39, 0.29) is 11.7 Å². The highest BCUT2D eigenvalue weighted by molar-refractivity contribution is 5.77. The number of nitrogens with two attached hydrogens (primary N) is 1. The number of alkyl carbamates (subject to hydrolysis) is 1. The van der Waals surface area contributed by atoms with Crippen molar-refractivity contribution in [1.29, 1.82) is 0 Å². The van der Waals surface area contributed by atoms with Crippen molar-refractivity contribution in [3.05, 3.63) is 30.3 Å². The fourth-order valence-electron chi connectivity index (χ4n) is 4.28. The van der Waals surface area contributed by atoms with Crippen LogP contribution in [0.4, 0.5) is 29.5 Å². The van der Waals surface area contributed by atoms with Crippen molar-refractivity contribution in [3.63, 3.8) is 0 Å². The molecule has 1 aliphatic rings. The molecule has 2 amide bonds. The van der Waals surface area contributed by atoms with Gasteiger partial charge in [0.05, 0.1) is 70.7 Å². The van der Waals surface area contributed by atoms with Crippen molar-refractivity contribution in [1.82, 2.24) is 20.4 Å². The number of anilines is 2. The van der Waals surface area contributed by atoms with Crippen LogP contribution in [0, 0.1) is 0 Å². The van der Waals surface area contributed by atoms with Gasteiger partial charge in [-0.1, -0.05) is 12.1 Å². The quantitative estimate of drug-likeness (QED) is 0.173. The van der Waals surface area contributed by atoms with Gasteiger partial charge in [0.2, 0.25) is 5.91 Å². The molecule has 1 aliphatic heterocycles. The highest BCUT2D eigenvalue weighted by Crippen LogP contribution is 2.31. The van der Waals surface area contributed by atoms with Crippen LogP contribution in [0.1, 0.15) is 27.2 Å². The zero-order valence-electron chi connectivity index (χ0n) is 28.9. The molecule has 0 bridgehead atoms. The summed E-state index contributed by atoms with van der Waals surface area (Å²) in [5.74, 6) is -2.29. The zero-order valence-corrected chi connectivity index (χ0v) is 28.9. The van der Waals surface area contributed by atoms with Crippen LogP contribution in [0.15, 0.2) is 30.3 Å². The minimum atomic E-state index is -5.08. The van der Waals surface area contributed by atoms with Gasteiger partial charge in [0.25, 0.3) is 0 Å². The number of carboxylic acid groups (broad SMARTS) is 1. The van der Waals surface area contributed by atoms with Crippen molar-refractivity contribution >= 4 is 29.5 Å². The summed E-state index contributed by atoms with van der Waals surface area (Å²) in [5.41, 5.74) is 7.43. The topological polar surface area (TPSA) is 208 Å². The van der Waals surface area contributed by atoms with E-state index in [1.165, 1.54) is 0 Å². The number of benzene rings is 1. The first-order chi connectivity index (χ1) is 24.1. The van der Waals surface area contributed by atoms with E-state index in [1.807, 2.05) is 37.8 Å². The zero-order chi connectivity index (χ0) is 37.9. The number of halogens is 3. The largest absolute Gasteiger partial charge is 0.507 e. The summed E-state index contributed by atoms with van der Waals surface area (Å²) in [4.78, 5) is 37.0. The molecule has 0 aliphatic carbocycles. The van der Waals surface area contributed by atoms with Crippen molar-refractivity contribution < 1.29 is 61.5 Å². The number of para-hydroxylation sites is 1. The molecule has 19 heteroatoms. The van der Waals surface area contributed by atoms with Crippen LogP contribution >= 0.6 is 0 Å². The van der Waals surface area contributed by atoms with Crippen LogP contribution in [0.25, 0.3) is 11.3 Å². The maximum atomic E-state index is 12.7. The summed E-state index contributed by atoms with van der Waals surface area (Å²) < 4.78 is 58.8. The van der Waals surface area contributed by atoms with Gasteiger partial charge in [-0.15, -0.1) is 10.2 Å². The molecule has 5 N–H and O–H groups in total. The molecular weight excluding hydrogens is 685 g/mol. The molecule has 51 heavy (non-hydrogen) atoms. The maximum Gasteiger partial charge on any atom is 0.490 e. The van der Waals surface area contributed by atoms with Gasteiger partial charge >= 0.3 is 18.2 Å². The number of carbonyl (C=O) groups is 3. The number of nitrogen functional groups attached to an aromatic ring is 1. The van der Waals surface area contributed by atoms with Crippen LogP contribution in [-0.2, 0) is 33.3 Å². The highest BCUT2D eigenvalue weighted by atomic mass is 19.4. The van der Waals surface area contributed by atoms with Crippen LogP contribution in [0.5, 0.6) is 5.75 Å². The minimum absolute atomic E-state index is 0.0394. The number of aromatic nitrogens is 2. The second-order valence-corrected chi connectivity index (χ2v) is 11.8. The number of piperazine rings is 1. The molecule has 0 saturated carbocycles. The second kappa shape index (κ2) is 21.7. The number of ether oxygens (including phenoxy) is 5. The number of carbonyl (C=O) groups excluding carboxylic acids is 2. The summed E-state index contributed by atoms with van der Waals surface area (Å²) in [6.07, 6.45) is -5.25. The Morgan fingerprint density at radius 2 is 1.39 bits per heavy atom. The Kier molecular flexibility index (Phi) is 18.2. The van der Waals surface area contributed by atoms with Crippen LogP contribution < -0.4 is 16.0 Å². The third-order valence-corrected chi connectivity index (χ3v) is 6.69. The predicted molar refractivity (Wildman–Crippen MR) is 178 cm³/mol. The lowest BCUT2D eigenvalue weighted by molar-refractivity contribution is -0.192. The summed E-state index contributed by atoms with van der Waals surface area (Å²) in [5, 5.41) is 28.1. The molecule has 2 aromatic rings. The Labute approximate surface area is 293 Å². The molecule has 1 fully saturated rings. The van der Waals surface area contributed by atoms with Gasteiger partial charge in [-0.25, -0.2) is 9.59 Å². The first kappa shape index (κ1) is 42.7. The summed E-state index contributed by atoms with van der Waals surface area (Å²) >= 11 is 0. The Bertz CT molecular complexity index is 1370. The maximum absolute atomic E-state index is 12.7. The summed E-state index contributed by atoms with van der Waals surface area (Å²) in [6, 6.07) is 8.76. The Hall–Kier alpha value is -4.46. The smallest absolute Gasteiger partial charge is 0.490 e. The number of hydrogen-bond acceptors (Lipinski definition) is 13. The van der Waals surface area contributed by atoms with E-state index in [9.17, 15) is 27.9 Å². The number of alkyl halides is 3. The molecule has 1 aromatic heterocycles. The third kappa shape index (κ3) is 17.3. The van der Waals surface area contributed by atoms with Gasteiger partial charge in [0, 0.05) is 38.3 Å². The molecule has 0 atom stereocenters. The predicted octanol–water partition coefficient (Wildman–Crippen LogP) is 2.69. The average molecular weight is 733 g/mol. The first-order valence-corrected chi connectivity index (χ1v) is 16.1. The number of hydrogen-bond donors (Lipinski definition) is 4. The normalized spacial score (nSPS) is 13.3. The van der Waals surface area contributed by atoms with E-state index in [4.69, 9.17) is 39.3 Å².